The number of benzene rings is 1. The fourth-order valence-electron chi connectivity index (χ4n) is 3.24. The SMILES string of the molecule is C=CC(C/C=C/c1ccncc1)C[C@H]1NC(=O)c2cc(Cl)ccc2N(C)C1=O. The predicted molar refractivity (Wildman–Crippen MR) is 112 cm³/mol. The highest BCUT2D eigenvalue weighted by Crippen LogP contribution is 2.28. The van der Waals surface area contributed by atoms with Gasteiger partial charge in [0, 0.05) is 24.5 Å². The highest BCUT2D eigenvalue weighted by atomic mass is 35.5. The average molecular weight is 396 g/mol. The molecule has 1 aliphatic heterocycles. The number of anilines is 1. The largest absolute Gasteiger partial charge is 0.340 e. The van der Waals surface area contributed by atoms with Crippen LogP contribution in [0, 0.1) is 5.92 Å². The molecule has 0 saturated carbocycles. The van der Waals surface area contributed by atoms with Gasteiger partial charge in [-0.3, -0.25) is 14.6 Å². The Labute approximate surface area is 169 Å². The van der Waals surface area contributed by atoms with E-state index in [0.717, 1.165) is 5.56 Å². The van der Waals surface area contributed by atoms with E-state index in [1.165, 1.54) is 4.90 Å². The molecular formula is C22H22ClN3O2. The molecule has 1 aliphatic rings. The van der Waals surface area contributed by atoms with Gasteiger partial charge in [0.15, 0.2) is 0 Å². The molecule has 0 fully saturated rings. The summed E-state index contributed by atoms with van der Waals surface area (Å²) in [4.78, 5) is 31.0. The van der Waals surface area contributed by atoms with E-state index in [4.69, 9.17) is 11.6 Å². The first kappa shape index (κ1) is 19.8. The number of carbonyl (C=O) groups is 2. The Balaban J connectivity index is 1.72. The number of amides is 2. The second-order valence-electron chi connectivity index (χ2n) is 6.73. The van der Waals surface area contributed by atoms with Gasteiger partial charge < -0.3 is 10.2 Å². The van der Waals surface area contributed by atoms with Crippen molar-refractivity contribution in [2.75, 3.05) is 11.9 Å². The van der Waals surface area contributed by atoms with Crippen molar-refractivity contribution >= 4 is 35.2 Å². The summed E-state index contributed by atoms with van der Waals surface area (Å²) < 4.78 is 0. The number of nitrogens with one attached hydrogen (secondary N) is 1. The lowest BCUT2D eigenvalue weighted by Crippen LogP contribution is -2.45. The first-order valence-electron chi connectivity index (χ1n) is 9.06. The van der Waals surface area contributed by atoms with E-state index in [1.54, 1.807) is 37.6 Å². The van der Waals surface area contributed by atoms with E-state index in [2.05, 4.69) is 16.9 Å². The molecule has 1 aromatic carbocycles. The minimum atomic E-state index is -0.624. The Kier molecular flexibility index (Phi) is 6.26. The highest BCUT2D eigenvalue weighted by molar-refractivity contribution is 6.31. The number of fused-ring (bicyclic) bond motifs is 1. The number of halogens is 1. The topological polar surface area (TPSA) is 62.3 Å². The summed E-state index contributed by atoms with van der Waals surface area (Å²) in [6.07, 6.45) is 10.5. The Hall–Kier alpha value is -2.92. The van der Waals surface area contributed by atoms with Crippen LogP contribution in [0.4, 0.5) is 5.69 Å². The van der Waals surface area contributed by atoms with Crippen LogP contribution in [-0.2, 0) is 4.79 Å². The van der Waals surface area contributed by atoms with Gasteiger partial charge >= 0.3 is 0 Å². The summed E-state index contributed by atoms with van der Waals surface area (Å²) in [5.41, 5.74) is 2.02. The van der Waals surface area contributed by atoms with Crippen LogP contribution in [0.5, 0.6) is 0 Å². The molecule has 0 saturated heterocycles. The fraction of sp³-hybridized carbons (Fsp3) is 0.227. The second kappa shape index (κ2) is 8.85. The van der Waals surface area contributed by atoms with Crippen LogP contribution >= 0.6 is 11.6 Å². The Morgan fingerprint density at radius 1 is 1.29 bits per heavy atom. The van der Waals surface area contributed by atoms with Crippen LogP contribution in [0.25, 0.3) is 6.08 Å². The molecule has 5 nitrogen and oxygen atoms in total. The molecule has 2 amide bonds. The van der Waals surface area contributed by atoms with Crippen molar-refractivity contribution in [1.29, 1.82) is 0 Å². The molecule has 28 heavy (non-hydrogen) atoms. The van der Waals surface area contributed by atoms with Crippen LogP contribution in [0.2, 0.25) is 5.02 Å². The molecule has 0 spiro atoms. The molecule has 1 unspecified atom stereocenters. The normalized spacial score (nSPS) is 17.8. The zero-order valence-electron chi connectivity index (χ0n) is 15.6. The summed E-state index contributed by atoms with van der Waals surface area (Å²) in [7, 11) is 1.68. The van der Waals surface area contributed by atoms with Gasteiger partial charge in [0.25, 0.3) is 5.91 Å². The zero-order valence-corrected chi connectivity index (χ0v) is 16.4. The predicted octanol–water partition coefficient (Wildman–Crippen LogP) is 4.11. The average Bonchev–Trinajstić information content (AvgIpc) is 2.79. The maximum absolute atomic E-state index is 12.9. The molecule has 3 rings (SSSR count). The first-order chi connectivity index (χ1) is 13.5. The number of likely N-dealkylation sites (N-methyl/N-ethyl adjacent to an activating group) is 1. The molecule has 2 heterocycles. The quantitative estimate of drug-likeness (QED) is 0.749. The lowest BCUT2D eigenvalue weighted by molar-refractivity contribution is -0.120. The highest BCUT2D eigenvalue weighted by Gasteiger charge is 2.32. The van der Waals surface area contributed by atoms with Crippen molar-refractivity contribution in [1.82, 2.24) is 10.3 Å². The van der Waals surface area contributed by atoms with Gasteiger partial charge in [-0.2, -0.15) is 0 Å². The molecule has 1 aromatic heterocycles. The summed E-state index contributed by atoms with van der Waals surface area (Å²) in [5, 5.41) is 3.30. The number of allylic oxidation sites excluding steroid dienone is 2. The van der Waals surface area contributed by atoms with E-state index < -0.39 is 6.04 Å². The van der Waals surface area contributed by atoms with Crippen molar-refractivity contribution in [3.05, 3.63) is 77.6 Å². The number of rotatable bonds is 6. The second-order valence-corrected chi connectivity index (χ2v) is 7.17. The number of nitrogens with zero attached hydrogens (tertiary/aromatic N) is 2. The van der Waals surface area contributed by atoms with Crippen molar-refractivity contribution in [2.45, 2.75) is 18.9 Å². The van der Waals surface area contributed by atoms with Gasteiger partial charge in [0.05, 0.1) is 11.3 Å². The van der Waals surface area contributed by atoms with Gasteiger partial charge in [-0.25, -0.2) is 0 Å². The van der Waals surface area contributed by atoms with E-state index >= 15 is 0 Å². The van der Waals surface area contributed by atoms with E-state index in [-0.39, 0.29) is 17.7 Å². The van der Waals surface area contributed by atoms with Gasteiger partial charge in [-0.1, -0.05) is 29.8 Å². The maximum atomic E-state index is 12.9. The fourth-order valence-corrected chi connectivity index (χ4v) is 3.41. The third-order valence-electron chi connectivity index (χ3n) is 4.83. The van der Waals surface area contributed by atoms with Crippen molar-refractivity contribution < 1.29 is 9.59 Å². The maximum Gasteiger partial charge on any atom is 0.254 e. The first-order valence-corrected chi connectivity index (χ1v) is 9.44. The molecule has 144 valence electrons. The van der Waals surface area contributed by atoms with Gasteiger partial charge in [-0.05, 0) is 54.7 Å². The smallest absolute Gasteiger partial charge is 0.254 e. The van der Waals surface area contributed by atoms with Crippen LogP contribution in [-0.4, -0.2) is 29.9 Å². The van der Waals surface area contributed by atoms with E-state index in [1.807, 2.05) is 30.4 Å². The molecular weight excluding hydrogens is 374 g/mol. The van der Waals surface area contributed by atoms with E-state index in [9.17, 15) is 9.59 Å². The molecule has 0 aliphatic carbocycles. The van der Waals surface area contributed by atoms with Crippen LogP contribution in [0.15, 0.2) is 61.5 Å². The van der Waals surface area contributed by atoms with Crippen LogP contribution < -0.4 is 10.2 Å². The summed E-state index contributed by atoms with van der Waals surface area (Å²) >= 11 is 6.02. The third kappa shape index (κ3) is 4.49. The molecule has 0 radical (unpaired) electrons. The van der Waals surface area contributed by atoms with Gasteiger partial charge in [0.2, 0.25) is 5.91 Å². The molecule has 0 bridgehead atoms. The minimum absolute atomic E-state index is 0.0468. The zero-order chi connectivity index (χ0) is 20.1. The van der Waals surface area contributed by atoms with Crippen LogP contribution in [0.3, 0.4) is 0 Å². The number of hydrogen-bond donors (Lipinski definition) is 1. The molecule has 2 atom stereocenters. The van der Waals surface area contributed by atoms with Crippen molar-refractivity contribution in [3.63, 3.8) is 0 Å². The Bertz CT molecular complexity index is 911. The summed E-state index contributed by atoms with van der Waals surface area (Å²) in [6, 6.07) is 8.17. The summed E-state index contributed by atoms with van der Waals surface area (Å²) in [5.74, 6) is -0.403. The minimum Gasteiger partial charge on any atom is -0.340 e. The monoisotopic (exact) mass is 395 g/mol. The van der Waals surface area contributed by atoms with Crippen LogP contribution in [0.1, 0.15) is 28.8 Å². The number of carbonyl (C=O) groups excluding carboxylic acids is 2. The lowest BCUT2D eigenvalue weighted by atomic mass is 9.95. The lowest BCUT2D eigenvalue weighted by Gasteiger charge is -2.23. The van der Waals surface area contributed by atoms with Crippen molar-refractivity contribution in [2.24, 2.45) is 5.92 Å². The Morgan fingerprint density at radius 3 is 2.75 bits per heavy atom. The number of hydrogen-bond acceptors (Lipinski definition) is 3. The third-order valence-corrected chi connectivity index (χ3v) is 5.06. The summed E-state index contributed by atoms with van der Waals surface area (Å²) in [6.45, 7) is 3.89. The number of pyridine rings is 1. The standard InChI is InChI=1S/C22H22ClN3O2/c1-3-15(5-4-6-16-9-11-24-12-10-16)13-19-22(28)26(2)20-8-7-17(23)14-18(20)21(27)25-19/h3-4,6-12,14-15,19H,1,5,13H2,2H3,(H,25,27)/b6-4+/t15?,19-/m1/s1. The molecule has 6 heteroatoms. The van der Waals surface area contributed by atoms with Crippen molar-refractivity contribution in [3.8, 4) is 0 Å². The van der Waals surface area contributed by atoms with Gasteiger partial charge in [-0.15, -0.1) is 6.58 Å². The number of aromatic nitrogens is 1. The van der Waals surface area contributed by atoms with Gasteiger partial charge in [0.1, 0.15) is 6.04 Å². The van der Waals surface area contributed by atoms with E-state index in [0.29, 0.717) is 29.1 Å². The Morgan fingerprint density at radius 2 is 2.04 bits per heavy atom. The molecule has 1 N–H and O–H groups in total. The molecule has 2 aromatic rings.